The molecule has 0 aliphatic rings. The van der Waals surface area contributed by atoms with Gasteiger partial charge >= 0.3 is 0 Å². The summed E-state index contributed by atoms with van der Waals surface area (Å²) in [4.78, 5) is 4.31. The lowest BCUT2D eigenvalue weighted by Crippen LogP contribution is -2.14. The normalized spacial score (nSPS) is 15.2. The highest BCUT2D eigenvalue weighted by Crippen LogP contribution is 1.99. The minimum absolute atomic E-state index is 0.0118. The van der Waals surface area contributed by atoms with Crippen molar-refractivity contribution < 1.29 is 9.70 Å². The molecule has 0 unspecified atom stereocenters. The van der Waals surface area contributed by atoms with E-state index in [1.165, 1.54) is 7.11 Å². The molecule has 0 heterocycles. The van der Waals surface area contributed by atoms with Crippen molar-refractivity contribution in [1.29, 1.82) is 0 Å². The number of hydrogen-bond acceptors (Lipinski definition) is 3. The predicted molar refractivity (Wildman–Crippen MR) is 33.4 cm³/mol. The largest absolute Gasteiger partial charge is 0.596 e. The molecule has 6 heteroatoms. The molecular formula is C3H6Cl2N2O2. The second kappa shape index (κ2) is 4.64. The molecule has 0 radical (unpaired) electrons. The minimum Gasteiger partial charge on any atom is -0.596 e. The Morgan fingerprint density at radius 1 is 1.89 bits per heavy atom. The minimum atomic E-state index is -0.855. The maximum Gasteiger partial charge on any atom is 0.280 e. The summed E-state index contributed by atoms with van der Waals surface area (Å²) in [7, 11) is 1.25. The van der Waals surface area contributed by atoms with E-state index in [1.807, 2.05) is 0 Å². The summed E-state index contributed by atoms with van der Waals surface area (Å²) in [6.07, 6.45) is 0. The summed E-state index contributed by atoms with van der Waals surface area (Å²) in [5.74, 6) is 0.0118. The van der Waals surface area contributed by atoms with Crippen molar-refractivity contribution >= 4 is 23.2 Å². The van der Waals surface area contributed by atoms with Gasteiger partial charge in [0.2, 0.25) is 5.28 Å². The highest BCUT2D eigenvalue weighted by molar-refractivity contribution is 6.27. The van der Waals surface area contributed by atoms with Crippen molar-refractivity contribution in [3.8, 4) is 0 Å². The molecule has 0 saturated carbocycles. The Morgan fingerprint density at radius 3 is 2.78 bits per heavy atom. The van der Waals surface area contributed by atoms with Gasteiger partial charge in [-0.25, -0.2) is 0 Å². The molecule has 1 atom stereocenters. The molecule has 9 heavy (non-hydrogen) atoms. The topological polar surface area (TPSA) is 47.7 Å². The summed E-state index contributed by atoms with van der Waals surface area (Å²) in [5.41, 5.74) is -0.855. The third kappa shape index (κ3) is 3.37. The molecule has 0 bridgehead atoms. The lowest BCUT2D eigenvalue weighted by atomic mass is 10.8. The second-order valence-electron chi connectivity index (χ2n) is 1.16. The van der Waals surface area contributed by atoms with Crippen LogP contribution in [0.25, 0.3) is 0 Å². The van der Waals surface area contributed by atoms with Crippen LogP contribution in [0, 0.1) is 5.21 Å². The van der Waals surface area contributed by atoms with Gasteiger partial charge in [-0.05, 0) is 16.5 Å². The van der Waals surface area contributed by atoms with E-state index in [0.717, 1.165) is 0 Å². The first-order chi connectivity index (χ1) is 4.22. The van der Waals surface area contributed by atoms with E-state index < -0.39 is 5.50 Å². The average molecular weight is 173 g/mol. The number of alkyl halides is 2. The molecule has 0 amide bonds. The van der Waals surface area contributed by atoms with E-state index in [1.54, 1.807) is 0 Å². The van der Waals surface area contributed by atoms with E-state index in [-0.39, 0.29) is 10.7 Å². The van der Waals surface area contributed by atoms with Crippen molar-refractivity contribution in [2.75, 3.05) is 13.0 Å². The first-order valence-electron chi connectivity index (χ1n) is 2.13. The van der Waals surface area contributed by atoms with Crippen LogP contribution in [0.1, 0.15) is 0 Å². The number of nitrogens with zero attached hydrogens (tertiary/aromatic N) is 2. The standard InChI is InChI=1S/C3H6Cl2N2O2/c1-9-6-7(8)3(5)2-4/h3H,2H2,1H3/b7-6-/t3-/m1/s1. The fraction of sp³-hybridized carbons (Fsp3) is 1.00. The molecule has 0 aromatic carbocycles. The molecule has 0 N–H and O–H groups in total. The lowest BCUT2D eigenvalue weighted by Gasteiger charge is -2.00. The Hall–Kier alpha value is -0.220. The van der Waals surface area contributed by atoms with Gasteiger partial charge in [0.1, 0.15) is 13.0 Å². The molecule has 0 fully saturated rings. The van der Waals surface area contributed by atoms with Gasteiger partial charge in [0.05, 0.1) is 0 Å². The van der Waals surface area contributed by atoms with Crippen LogP contribution in [0.3, 0.4) is 0 Å². The third-order valence-corrected chi connectivity index (χ3v) is 1.30. The van der Waals surface area contributed by atoms with Gasteiger partial charge in [-0.2, -0.15) is 0 Å². The monoisotopic (exact) mass is 172 g/mol. The number of halogens is 2. The molecule has 4 nitrogen and oxygen atoms in total. The molecule has 0 aromatic rings. The summed E-state index contributed by atoms with van der Waals surface area (Å²) >= 11 is 10.5. The van der Waals surface area contributed by atoms with Gasteiger partial charge < -0.3 is 10.0 Å². The Kier molecular flexibility index (Phi) is 4.53. The molecule has 54 valence electrons. The maximum absolute atomic E-state index is 10.4. The van der Waals surface area contributed by atoms with E-state index in [4.69, 9.17) is 23.2 Å². The second-order valence-corrected chi connectivity index (χ2v) is 1.97. The molecule has 0 spiro atoms. The smallest absolute Gasteiger partial charge is 0.280 e. The van der Waals surface area contributed by atoms with Gasteiger partial charge in [0.25, 0.3) is 5.50 Å². The Labute approximate surface area is 62.5 Å². The highest BCUT2D eigenvalue weighted by Gasteiger charge is 2.11. The van der Waals surface area contributed by atoms with Crippen LogP contribution in [0.15, 0.2) is 5.28 Å². The summed E-state index contributed by atoms with van der Waals surface area (Å²) < 4.78 is 0. The van der Waals surface area contributed by atoms with Crippen LogP contribution in [-0.2, 0) is 4.84 Å². The molecule has 0 rings (SSSR count). The van der Waals surface area contributed by atoms with Gasteiger partial charge in [-0.1, -0.05) is 0 Å². The molecule has 0 aromatic heterocycles. The Bertz CT molecular complexity index is 108. The maximum atomic E-state index is 10.4. The van der Waals surface area contributed by atoms with Gasteiger partial charge in [0.15, 0.2) is 0 Å². The Balaban J connectivity index is 3.70. The third-order valence-electron chi connectivity index (χ3n) is 0.529. The molecule has 0 aliphatic heterocycles. The van der Waals surface area contributed by atoms with Crippen molar-refractivity contribution in [3.05, 3.63) is 5.21 Å². The fourth-order valence-electron chi connectivity index (χ4n) is 0.191. The number of rotatable bonds is 3. The zero-order chi connectivity index (χ0) is 7.28. The van der Waals surface area contributed by atoms with Crippen molar-refractivity contribution in [2.45, 2.75) is 5.50 Å². The lowest BCUT2D eigenvalue weighted by molar-refractivity contribution is -0.568. The van der Waals surface area contributed by atoms with Gasteiger partial charge in [0, 0.05) is 0 Å². The van der Waals surface area contributed by atoms with Crippen molar-refractivity contribution in [3.63, 3.8) is 0 Å². The summed E-state index contributed by atoms with van der Waals surface area (Å²) in [5, 5.41) is 13.3. The van der Waals surface area contributed by atoms with Gasteiger partial charge in [-0.15, -0.1) is 11.6 Å². The highest BCUT2D eigenvalue weighted by atomic mass is 35.5. The van der Waals surface area contributed by atoms with Crippen LogP contribution in [-0.4, -0.2) is 23.4 Å². The summed E-state index contributed by atoms with van der Waals surface area (Å²) in [6, 6.07) is 0. The van der Waals surface area contributed by atoms with Crippen LogP contribution in [0.2, 0.25) is 0 Å². The predicted octanol–water partition coefficient (Wildman–Crippen LogP) is 1.31. The van der Waals surface area contributed by atoms with Gasteiger partial charge in [-0.3, -0.25) is 0 Å². The summed E-state index contributed by atoms with van der Waals surface area (Å²) in [6.45, 7) is 0. The molecule has 0 saturated heterocycles. The van der Waals surface area contributed by atoms with Crippen LogP contribution in [0.5, 0.6) is 0 Å². The Morgan fingerprint density at radius 2 is 2.44 bits per heavy atom. The van der Waals surface area contributed by atoms with Crippen LogP contribution >= 0.6 is 23.2 Å². The fourth-order valence-corrected chi connectivity index (χ4v) is 0.344. The number of hydroxylamine groups is 1. The van der Waals surface area contributed by atoms with E-state index in [0.29, 0.717) is 0 Å². The number of hydrogen-bond donors (Lipinski definition) is 0. The average Bonchev–Trinajstić information content (AvgIpc) is 1.87. The zero-order valence-electron chi connectivity index (χ0n) is 4.75. The van der Waals surface area contributed by atoms with Crippen molar-refractivity contribution in [1.82, 2.24) is 0 Å². The molecule has 0 aliphatic carbocycles. The van der Waals surface area contributed by atoms with Crippen molar-refractivity contribution in [2.24, 2.45) is 5.28 Å². The first-order valence-corrected chi connectivity index (χ1v) is 3.10. The van der Waals surface area contributed by atoms with E-state index >= 15 is 0 Å². The SMILES string of the molecule is CO/N=[N+](\[O-])[C@@H](Cl)CCl. The molecular weight excluding hydrogens is 167 g/mol. The quantitative estimate of drug-likeness (QED) is 0.212. The zero-order valence-corrected chi connectivity index (χ0v) is 6.26. The van der Waals surface area contributed by atoms with Crippen LogP contribution < -0.4 is 0 Å². The first kappa shape index (κ1) is 8.78. The van der Waals surface area contributed by atoms with E-state index in [2.05, 4.69) is 10.1 Å². The van der Waals surface area contributed by atoms with Crippen LogP contribution in [0.4, 0.5) is 0 Å². The van der Waals surface area contributed by atoms with E-state index in [9.17, 15) is 5.21 Å².